The van der Waals surface area contributed by atoms with Crippen molar-refractivity contribution < 1.29 is 69.5 Å². The fraction of sp³-hybridized carbons (Fsp3) is 0.786. The molecule has 1 N–H and O–H groups in total. The van der Waals surface area contributed by atoms with E-state index in [0.29, 0.717) is 0 Å². The van der Waals surface area contributed by atoms with Gasteiger partial charge in [0, 0.05) is 24.4 Å². The molecule has 0 spiro atoms. The highest BCUT2D eigenvalue weighted by Crippen LogP contribution is 2.58. The smallest absolute Gasteiger partial charge is 0.453 e. The van der Waals surface area contributed by atoms with Crippen LogP contribution in [-0.2, 0) is 38.0 Å². The molecule has 1 saturated heterocycles. The monoisotopic (exact) mass is 632 g/mol. The molecule has 0 unspecified atom stereocenters. The van der Waals surface area contributed by atoms with Gasteiger partial charge in [-0.2, -0.15) is 26.3 Å². The number of rotatable bonds is 8. The highest BCUT2D eigenvalue weighted by Gasteiger charge is 2.65. The summed E-state index contributed by atoms with van der Waals surface area (Å²) in [5.41, 5.74) is -5.15. The van der Waals surface area contributed by atoms with Crippen LogP contribution in [0, 0.1) is 23.2 Å². The Balaban J connectivity index is 2.33. The van der Waals surface area contributed by atoms with Gasteiger partial charge < -0.3 is 33.5 Å². The zero-order valence-corrected chi connectivity index (χ0v) is 24.7. The number of methoxy groups -OCH3 is 1. The van der Waals surface area contributed by atoms with Crippen molar-refractivity contribution in [2.24, 2.45) is 23.2 Å². The second-order valence-electron chi connectivity index (χ2n) is 12.2. The Morgan fingerprint density at radius 2 is 1.70 bits per heavy atom. The average Bonchev–Trinajstić information content (AvgIpc) is 3.35. The van der Waals surface area contributed by atoms with E-state index in [4.69, 9.17) is 28.4 Å². The molecule has 8 atom stereocenters. The fourth-order valence-electron chi connectivity index (χ4n) is 6.69. The Kier molecular flexibility index (Phi) is 9.81. The summed E-state index contributed by atoms with van der Waals surface area (Å²) in [6.45, 7) is 10.2. The van der Waals surface area contributed by atoms with E-state index in [9.17, 15) is 41.0 Å². The van der Waals surface area contributed by atoms with Crippen molar-refractivity contribution in [3.8, 4) is 0 Å². The van der Waals surface area contributed by atoms with Gasteiger partial charge in [0.1, 0.15) is 36.3 Å². The summed E-state index contributed by atoms with van der Waals surface area (Å²) < 4.78 is 114. The Hall–Kier alpha value is -2.20. The minimum Gasteiger partial charge on any atom is -0.453 e. The third-order valence-electron chi connectivity index (χ3n) is 8.95. The summed E-state index contributed by atoms with van der Waals surface area (Å²) in [5, 5.41) is 11.2. The third-order valence-corrected chi connectivity index (χ3v) is 8.95. The molecule has 15 heteroatoms. The topological polar surface area (TPSA) is 110 Å². The molecule has 43 heavy (non-hydrogen) atoms. The van der Waals surface area contributed by atoms with Gasteiger partial charge in [0.2, 0.25) is 0 Å². The predicted molar refractivity (Wildman–Crippen MR) is 136 cm³/mol. The predicted octanol–water partition coefficient (Wildman–Crippen LogP) is 4.62. The molecule has 2 bridgehead atoms. The Morgan fingerprint density at radius 1 is 1.09 bits per heavy atom. The van der Waals surface area contributed by atoms with Crippen LogP contribution >= 0.6 is 0 Å². The van der Waals surface area contributed by atoms with Gasteiger partial charge in [-0.25, -0.2) is 9.59 Å². The maximum Gasteiger partial charge on any atom is 0.490 e. The summed E-state index contributed by atoms with van der Waals surface area (Å²) in [5.74, 6) is -9.62. The first-order valence-corrected chi connectivity index (χ1v) is 13.6. The summed E-state index contributed by atoms with van der Waals surface area (Å²) in [6.07, 6.45) is -11.9. The van der Waals surface area contributed by atoms with E-state index < -0.39 is 89.6 Å². The van der Waals surface area contributed by atoms with Crippen LogP contribution in [0.4, 0.5) is 26.3 Å². The molecule has 246 valence electrons. The van der Waals surface area contributed by atoms with Crippen molar-refractivity contribution in [2.45, 2.75) is 95.1 Å². The number of halogens is 6. The number of alkyl halides is 6. The molecular formula is C28H38F6O9. The van der Waals surface area contributed by atoms with Crippen LogP contribution in [0.1, 0.15) is 47.5 Å². The second kappa shape index (κ2) is 12.0. The van der Waals surface area contributed by atoms with Gasteiger partial charge in [-0.1, -0.05) is 32.9 Å². The Morgan fingerprint density at radius 3 is 2.19 bits per heavy atom. The lowest BCUT2D eigenvalue weighted by atomic mass is 9.68. The van der Waals surface area contributed by atoms with Crippen molar-refractivity contribution in [3.63, 3.8) is 0 Å². The van der Waals surface area contributed by atoms with Crippen molar-refractivity contribution in [3.05, 3.63) is 24.8 Å². The molecule has 2 aliphatic carbocycles. The number of aliphatic hydroxyl groups excluding tert-OH is 1. The standard InChI is InChI=1S/C28H38F6O9/c1-8-18(35)26(13-40-24(5,6)43-26)16-9-11-25(42-22(37)28(32,33)34)12-10-17(23(25,3)4)20(39-14-38-7)19(15(16)2)41-21(36)27(29,30)31/h8-9,11,15-20,35H,1,10,12-14H2,2-7H3/b11-9-/t15-,16-,17+,18+,19-,20+,25-,26+/m0/s1. The maximum absolute atomic E-state index is 13.6. The van der Waals surface area contributed by atoms with Crippen molar-refractivity contribution in [1.29, 1.82) is 0 Å². The van der Waals surface area contributed by atoms with Crippen LogP contribution in [0.15, 0.2) is 24.8 Å². The SMILES string of the molecule is C=C[C@@H](O)[C@]1([C@H]2/C=C\[C@]3(OC(=O)C(F)(F)F)CC[C@H]([C@@H](OCOC)[C@@H](OC(=O)C(F)(F)F)[C@H]2C)C3(C)C)COC(C)(C)O1. The molecule has 9 nitrogen and oxygen atoms in total. The number of ether oxygens (including phenoxy) is 6. The molecule has 1 saturated carbocycles. The van der Waals surface area contributed by atoms with Gasteiger partial charge >= 0.3 is 24.3 Å². The minimum absolute atomic E-state index is 0.0153. The number of carbonyl (C=O) groups is 2. The normalized spacial score (nSPS) is 37.0. The minimum atomic E-state index is -5.40. The van der Waals surface area contributed by atoms with Gasteiger partial charge in [0.05, 0.1) is 6.61 Å². The van der Waals surface area contributed by atoms with Crippen LogP contribution in [-0.4, -0.2) is 85.2 Å². The van der Waals surface area contributed by atoms with Crippen molar-refractivity contribution in [1.82, 2.24) is 0 Å². The van der Waals surface area contributed by atoms with Crippen molar-refractivity contribution >= 4 is 11.9 Å². The van der Waals surface area contributed by atoms with Crippen LogP contribution in [0.25, 0.3) is 0 Å². The lowest BCUT2D eigenvalue weighted by Crippen LogP contribution is -2.57. The number of carbonyl (C=O) groups excluding carboxylic acids is 2. The lowest BCUT2D eigenvalue weighted by molar-refractivity contribution is -0.235. The molecule has 1 heterocycles. The van der Waals surface area contributed by atoms with Crippen molar-refractivity contribution in [2.75, 3.05) is 20.5 Å². The van der Waals surface area contributed by atoms with E-state index in [1.165, 1.54) is 53.9 Å². The summed E-state index contributed by atoms with van der Waals surface area (Å²) >= 11 is 0. The lowest BCUT2D eigenvalue weighted by Gasteiger charge is -2.46. The van der Waals surface area contributed by atoms with Gasteiger partial charge in [0.25, 0.3) is 0 Å². The van der Waals surface area contributed by atoms with E-state index in [1.54, 1.807) is 0 Å². The molecule has 0 aromatic rings. The van der Waals surface area contributed by atoms with E-state index in [-0.39, 0.29) is 19.4 Å². The zero-order chi connectivity index (χ0) is 32.8. The zero-order valence-electron chi connectivity index (χ0n) is 24.7. The number of aliphatic hydroxyl groups is 1. The van der Waals surface area contributed by atoms with E-state index in [1.807, 2.05) is 0 Å². The third kappa shape index (κ3) is 6.60. The molecule has 0 radical (unpaired) electrons. The number of hydrogen-bond acceptors (Lipinski definition) is 9. The largest absolute Gasteiger partial charge is 0.490 e. The second-order valence-corrected chi connectivity index (χ2v) is 12.2. The highest BCUT2D eigenvalue weighted by molar-refractivity contribution is 5.76. The molecule has 3 aliphatic rings. The average molecular weight is 633 g/mol. The van der Waals surface area contributed by atoms with E-state index in [2.05, 4.69) is 6.58 Å². The van der Waals surface area contributed by atoms with Crippen LogP contribution in [0.5, 0.6) is 0 Å². The molecule has 1 aliphatic heterocycles. The van der Waals surface area contributed by atoms with Gasteiger partial charge in [-0.05, 0) is 38.7 Å². The van der Waals surface area contributed by atoms with E-state index >= 15 is 0 Å². The van der Waals surface area contributed by atoms with Gasteiger partial charge in [-0.3, -0.25) is 0 Å². The van der Waals surface area contributed by atoms with Gasteiger partial charge in [0.15, 0.2) is 5.79 Å². The quantitative estimate of drug-likeness (QED) is 0.178. The molecular weight excluding hydrogens is 594 g/mol. The number of esters is 2. The number of hydrogen-bond donors (Lipinski definition) is 1. The van der Waals surface area contributed by atoms with E-state index in [0.717, 1.165) is 6.08 Å². The van der Waals surface area contributed by atoms with Gasteiger partial charge in [-0.15, -0.1) is 6.58 Å². The molecule has 2 fully saturated rings. The van der Waals surface area contributed by atoms with Crippen LogP contribution in [0.2, 0.25) is 0 Å². The molecule has 0 aromatic heterocycles. The van der Waals surface area contributed by atoms with Crippen LogP contribution in [0.3, 0.4) is 0 Å². The van der Waals surface area contributed by atoms with Crippen LogP contribution < -0.4 is 0 Å². The summed E-state index contributed by atoms with van der Waals surface area (Å²) in [4.78, 5) is 24.5. The number of fused-ring (bicyclic) bond motifs is 2. The summed E-state index contributed by atoms with van der Waals surface area (Å²) in [7, 11) is 1.25. The first-order chi connectivity index (χ1) is 19.6. The fourth-order valence-corrected chi connectivity index (χ4v) is 6.69. The maximum atomic E-state index is 13.6. The molecule has 3 rings (SSSR count). The molecule has 0 amide bonds. The molecule has 0 aromatic carbocycles. The first kappa shape index (κ1) is 35.3. The Labute approximate surface area is 245 Å². The first-order valence-electron chi connectivity index (χ1n) is 13.6. The summed E-state index contributed by atoms with van der Waals surface area (Å²) in [6, 6.07) is 0. The highest BCUT2D eigenvalue weighted by atomic mass is 19.4. The Bertz CT molecular complexity index is 1090.